The summed E-state index contributed by atoms with van der Waals surface area (Å²) in [7, 11) is 0. The van der Waals surface area contributed by atoms with Crippen LogP contribution in [-0.4, -0.2) is 16.0 Å². The first-order valence-electron chi connectivity index (χ1n) is 6.60. The summed E-state index contributed by atoms with van der Waals surface area (Å²) in [5, 5.41) is 0.877. The third-order valence-electron chi connectivity index (χ3n) is 3.31. The molecule has 0 radical (unpaired) electrons. The van der Waals surface area contributed by atoms with Gasteiger partial charge in [0.2, 0.25) is 5.82 Å². The Balaban J connectivity index is 1.94. The predicted octanol–water partition coefficient (Wildman–Crippen LogP) is 4.68. The van der Waals surface area contributed by atoms with Crippen LogP contribution in [0.4, 0.5) is 26.7 Å². The van der Waals surface area contributed by atoms with Crippen LogP contribution in [0.15, 0.2) is 22.4 Å². The van der Waals surface area contributed by atoms with Crippen LogP contribution in [0.5, 0.6) is 0 Å². The first-order chi connectivity index (χ1) is 11.8. The minimum absolute atomic E-state index is 0.00341. The molecule has 0 unspecified atom stereocenters. The fourth-order valence-electron chi connectivity index (χ4n) is 2.09. The summed E-state index contributed by atoms with van der Waals surface area (Å²) in [6.45, 7) is -1.06. The molecule has 1 aromatic carbocycles. The lowest BCUT2D eigenvalue weighted by molar-refractivity contribution is -0.123. The van der Waals surface area contributed by atoms with E-state index < -0.39 is 52.3 Å². The van der Waals surface area contributed by atoms with Crippen LogP contribution in [0.25, 0.3) is 6.08 Å². The molecule has 2 aromatic rings. The second-order valence-corrected chi connectivity index (χ2v) is 6.80. The average molecular weight is 391 g/mol. The molecule has 0 spiro atoms. The van der Waals surface area contributed by atoms with E-state index in [1.54, 1.807) is 17.5 Å². The van der Waals surface area contributed by atoms with Crippen LogP contribution in [0.1, 0.15) is 10.4 Å². The van der Waals surface area contributed by atoms with Gasteiger partial charge in [0.15, 0.2) is 23.3 Å². The third-order valence-corrected chi connectivity index (χ3v) is 5.03. The normalized spacial score (nSPS) is 16.4. The summed E-state index contributed by atoms with van der Waals surface area (Å²) in [4.78, 5) is 25.2. The molecule has 3 rings (SSSR count). The highest BCUT2D eigenvalue weighted by atomic mass is 32.2. The van der Waals surface area contributed by atoms with Gasteiger partial charge in [0.25, 0.3) is 11.1 Å². The molecule has 2 heterocycles. The largest absolute Gasteiger partial charge is 0.293 e. The number of carbonyl (C=O) groups is 2. The summed E-state index contributed by atoms with van der Waals surface area (Å²) >= 11 is 1.82. The number of amides is 2. The summed E-state index contributed by atoms with van der Waals surface area (Å²) < 4.78 is 67.0. The summed E-state index contributed by atoms with van der Waals surface area (Å²) in [6.07, 6.45) is 1.41. The Morgan fingerprint density at radius 3 is 2.12 bits per heavy atom. The van der Waals surface area contributed by atoms with Gasteiger partial charge in [0.1, 0.15) is 0 Å². The molecule has 25 heavy (non-hydrogen) atoms. The Bertz CT molecular complexity index is 882. The number of thioether (sulfide) groups is 1. The molecule has 0 N–H and O–H groups in total. The van der Waals surface area contributed by atoms with Crippen molar-refractivity contribution in [2.75, 3.05) is 0 Å². The van der Waals surface area contributed by atoms with E-state index in [9.17, 15) is 31.5 Å². The van der Waals surface area contributed by atoms with Gasteiger partial charge < -0.3 is 0 Å². The third kappa shape index (κ3) is 3.07. The van der Waals surface area contributed by atoms with Crippen LogP contribution < -0.4 is 0 Å². The van der Waals surface area contributed by atoms with E-state index in [0.717, 1.165) is 0 Å². The number of hydrogen-bond donors (Lipinski definition) is 0. The minimum atomic E-state index is -2.30. The second-order valence-electron chi connectivity index (χ2n) is 4.83. The van der Waals surface area contributed by atoms with Gasteiger partial charge in [0.05, 0.1) is 11.4 Å². The lowest BCUT2D eigenvalue weighted by Crippen LogP contribution is -2.29. The van der Waals surface area contributed by atoms with Crippen molar-refractivity contribution in [1.29, 1.82) is 0 Å². The Morgan fingerprint density at radius 2 is 1.56 bits per heavy atom. The molecule has 0 aliphatic carbocycles. The Morgan fingerprint density at radius 1 is 0.960 bits per heavy atom. The predicted molar refractivity (Wildman–Crippen MR) is 82.1 cm³/mol. The molecule has 0 atom stereocenters. The Hall–Kier alpha value is -2.20. The zero-order valence-corrected chi connectivity index (χ0v) is 13.6. The van der Waals surface area contributed by atoms with Crippen molar-refractivity contribution in [3.63, 3.8) is 0 Å². The molecule has 2 amide bonds. The molecular formula is C15H6F5NO2S2. The number of halogens is 5. The number of rotatable bonds is 3. The number of imide groups is 1. The van der Waals surface area contributed by atoms with Crippen molar-refractivity contribution < 1.29 is 31.5 Å². The van der Waals surface area contributed by atoms with E-state index in [0.29, 0.717) is 21.5 Å². The quantitative estimate of drug-likeness (QED) is 0.330. The van der Waals surface area contributed by atoms with Gasteiger partial charge in [-0.05, 0) is 29.3 Å². The summed E-state index contributed by atoms with van der Waals surface area (Å²) in [5.41, 5.74) is -1.24. The zero-order chi connectivity index (χ0) is 18.3. The van der Waals surface area contributed by atoms with E-state index >= 15 is 0 Å². The molecule has 0 saturated carbocycles. The Kier molecular flexibility index (Phi) is 4.65. The zero-order valence-electron chi connectivity index (χ0n) is 12.0. The van der Waals surface area contributed by atoms with E-state index in [1.165, 1.54) is 17.4 Å². The van der Waals surface area contributed by atoms with Gasteiger partial charge in [-0.15, -0.1) is 11.3 Å². The second kappa shape index (κ2) is 6.60. The minimum Gasteiger partial charge on any atom is -0.268 e. The number of carbonyl (C=O) groups excluding carboxylic acids is 2. The SMILES string of the molecule is O=C1S/C(=C\c2cccs2)C(=O)N1Cc1c(F)c(F)c(F)c(F)c1F. The Labute approximate surface area is 145 Å². The highest BCUT2D eigenvalue weighted by Gasteiger charge is 2.37. The van der Waals surface area contributed by atoms with Crippen LogP contribution in [0.3, 0.4) is 0 Å². The molecular weight excluding hydrogens is 385 g/mol. The van der Waals surface area contributed by atoms with Crippen LogP contribution in [0, 0.1) is 29.1 Å². The lowest BCUT2D eigenvalue weighted by atomic mass is 10.1. The van der Waals surface area contributed by atoms with Crippen molar-refractivity contribution >= 4 is 40.3 Å². The topological polar surface area (TPSA) is 37.4 Å². The van der Waals surface area contributed by atoms with Gasteiger partial charge in [-0.25, -0.2) is 22.0 Å². The molecule has 1 aliphatic rings. The van der Waals surface area contributed by atoms with Gasteiger partial charge in [-0.1, -0.05) is 6.07 Å². The fourth-order valence-corrected chi connectivity index (χ4v) is 3.65. The maximum atomic E-state index is 13.7. The molecule has 0 bridgehead atoms. The fraction of sp³-hybridized carbons (Fsp3) is 0.0667. The highest BCUT2D eigenvalue weighted by Crippen LogP contribution is 2.35. The van der Waals surface area contributed by atoms with Crippen molar-refractivity contribution in [3.8, 4) is 0 Å². The van der Waals surface area contributed by atoms with Crippen molar-refractivity contribution in [3.05, 3.63) is 61.9 Å². The van der Waals surface area contributed by atoms with E-state index in [2.05, 4.69) is 0 Å². The van der Waals surface area contributed by atoms with Crippen LogP contribution in [-0.2, 0) is 11.3 Å². The first kappa shape index (κ1) is 17.6. The summed E-state index contributed by atoms with van der Waals surface area (Å²) in [5.74, 6) is -11.6. The van der Waals surface area contributed by atoms with Crippen molar-refractivity contribution in [1.82, 2.24) is 4.90 Å². The summed E-state index contributed by atoms with van der Waals surface area (Å²) in [6, 6.07) is 3.40. The van der Waals surface area contributed by atoms with Gasteiger partial charge in [0, 0.05) is 10.4 Å². The smallest absolute Gasteiger partial charge is 0.268 e. The maximum absolute atomic E-state index is 13.7. The monoisotopic (exact) mass is 391 g/mol. The molecule has 1 aromatic heterocycles. The molecule has 130 valence electrons. The van der Waals surface area contributed by atoms with E-state index in [-0.39, 0.29) is 4.91 Å². The van der Waals surface area contributed by atoms with E-state index in [4.69, 9.17) is 0 Å². The molecule has 10 heteroatoms. The first-order valence-corrected chi connectivity index (χ1v) is 8.30. The average Bonchev–Trinajstić information content (AvgIpc) is 3.18. The van der Waals surface area contributed by atoms with Crippen molar-refractivity contribution in [2.24, 2.45) is 0 Å². The molecule has 1 aliphatic heterocycles. The standard InChI is InChI=1S/C15H6F5NO2S2/c16-9-7(10(17)12(19)13(20)11(9)18)5-21-14(22)8(25-15(21)23)4-6-2-1-3-24-6/h1-4H,5H2/b8-4-. The number of nitrogens with zero attached hydrogens (tertiary/aromatic N) is 1. The van der Waals surface area contributed by atoms with E-state index in [1.807, 2.05) is 0 Å². The number of thiophene rings is 1. The highest BCUT2D eigenvalue weighted by molar-refractivity contribution is 8.18. The van der Waals surface area contributed by atoms with Crippen LogP contribution >= 0.6 is 23.1 Å². The number of hydrogen-bond acceptors (Lipinski definition) is 4. The maximum Gasteiger partial charge on any atom is 0.293 e. The number of benzene rings is 1. The van der Waals surface area contributed by atoms with Gasteiger partial charge in [-0.2, -0.15) is 0 Å². The van der Waals surface area contributed by atoms with Gasteiger partial charge in [-0.3, -0.25) is 14.5 Å². The van der Waals surface area contributed by atoms with Crippen LogP contribution in [0.2, 0.25) is 0 Å². The van der Waals surface area contributed by atoms with Crippen molar-refractivity contribution in [2.45, 2.75) is 6.54 Å². The lowest BCUT2D eigenvalue weighted by Gasteiger charge is -2.14. The molecule has 3 nitrogen and oxygen atoms in total. The van der Waals surface area contributed by atoms with Gasteiger partial charge >= 0.3 is 0 Å². The molecule has 1 fully saturated rings. The molecule has 1 saturated heterocycles.